The number of aromatic nitrogens is 2. The van der Waals surface area contributed by atoms with E-state index in [0.29, 0.717) is 12.5 Å². The van der Waals surface area contributed by atoms with Crippen molar-refractivity contribution in [3.63, 3.8) is 0 Å². The van der Waals surface area contributed by atoms with E-state index in [1.807, 2.05) is 0 Å². The summed E-state index contributed by atoms with van der Waals surface area (Å²) < 4.78 is 12.8. The molecule has 0 radical (unpaired) electrons. The van der Waals surface area contributed by atoms with Crippen molar-refractivity contribution in [1.82, 2.24) is 9.97 Å². The van der Waals surface area contributed by atoms with Crippen LogP contribution in [0.2, 0.25) is 0 Å². The van der Waals surface area contributed by atoms with Crippen LogP contribution in [0.4, 0.5) is 4.39 Å². The normalized spacial score (nSPS) is 18.7. The SMILES string of the molecule is NCC1CCCc2sc(-c3ccc(F)cn3)nc21. The van der Waals surface area contributed by atoms with Gasteiger partial charge in [0.25, 0.3) is 0 Å². The summed E-state index contributed by atoms with van der Waals surface area (Å²) in [5, 5.41) is 0.875. The van der Waals surface area contributed by atoms with E-state index in [9.17, 15) is 4.39 Å². The van der Waals surface area contributed by atoms with Gasteiger partial charge in [0, 0.05) is 17.3 Å². The molecule has 18 heavy (non-hydrogen) atoms. The van der Waals surface area contributed by atoms with E-state index in [4.69, 9.17) is 5.73 Å². The molecule has 1 unspecified atom stereocenters. The maximum Gasteiger partial charge on any atom is 0.142 e. The zero-order valence-electron chi connectivity index (χ0n) is 9.90. The lowest BCUT2D eigenvalue weighted by Crippen LogP contribution is -2.17. The van der Waals surface area contributed by atoms with E-state index in [-0.39, 0.29) is 5.82 Å². The van der Waals surface area contributed by atoms with Crippen LogP contribution in [0.3, 0.4) is 0 Å². The number of thiazole rings is 1. The van der Waals surface area contributed by atoms with Crippen LogP contribution in [-0.2, 0) is 6.42 Å². The molecule has 94 valence electrons. The van der Waals surface area contributed by atoms with Crippen LogP contribution >= 0.6 is 11.3 Å². The predicted molar refractivity (Wildman–Crippen MR) is 70.0 cm³/mol. The molecular formula is C13H14FN3S. The van der Waals surface area contributed by atoms with Gasteiger partial charge in [0.05, 0.1) is 17.6 Å². The average Bonchev–Trinajstić information content (AvgIpc) is 2.83. The first-order valence-corrected chi connectivity index (χ1v) is 6.91. The quantitative estimate of drug-likeness (QED) is 0.906. The fourth-order valence-corrected chi connectivity index (χ4v) is 3.51. The smallest absolute Gasteiger partial charge is 0.142 e. The molecule has 0 saturated carbocycles. The van der Waals surface area contributed by atoms with Crippen LogP contribution in [0, 0.1) is 5.82 Å². The molecule has 3 rings (SSSR count). The zero-order valence-corrected chi connectivity index (χ0v) is 10.7. The van der Waals surface area contributed by atoms with E-state index in [1.165, 1.54) is 23.6 Å². The summed E-state index contributed by atoms with van der Waals surface area (Å²) in [7, 11) is 0. The molecule has 0 aromatic carbocycles. The van der Waals surface area contributed by atoms with Gasteiger partial charge in [-0.25, -0.2) is 9.37 Å². The number of halogens is 1. The lowest BCUT2D eigenvalue weighted by Gasteiger charge is -2.18. The summed E-state index contributed by atoms with van der Waals surface area (Å²) >= 11 is 1.66. The third-order valence-electron chi connectivity index (χ3n) is 3.30. The average molecular weight is 263 g/mol. The Kier molecular flexibility index (Phi) is 3.09. The minimum absolute atomic E-state index is 0.320. The van der Waals surface area contributed by atoms with Crippen molar-refractivity contribution in [3.05, 3.63) is 34.7 Å². The molecule has 1 atom stereocenters. The molecule has 0 amide bonds. The van der Waals surface area contributed by atoms with Crippen molar-refractivity contribution in [2.45, 2.75) is 25.2 Å². The highest BCUT2D eigenvalue weighted by Crippen LogP contribution is 2.37. The largest absolute Gasteiger partial charge is 0.330 e. The molecule has 2 aromatic rings. The van der Waals surface area contributed by atoms with Crippen LogP contribution in [0.25, 0.3) is 10.7 Å². The second kappa shape index (κ2) is 4.74. The van der Waals surface area contributed by atoms with Crippen molar-refractivity contribution >= 4 is 11.3 Å². The first-order valence-electron chi connectivity index (χ1n) is 6.09. The van der Waals surface area contributed by atoms with Crippen molar-refractivity contribution in [1.29, 1.82) is 0 Å². The minimum atomic E-state index is -0.320. The molecule has 1 aliphatic rings. The Morgan fingerprint density at radius 1 is 1.44 bits per heavy atom. The number of pyridine rings is 1. The topological polar surface area (TPSA) is 51.8 Å². The third kappa shape index (κ3) is 2.04. The number of rotatable bonds is 2. The molecule has 2 heterocycles. The summed E-state index contributed by atoms with van der Waals surface area (Å²) in [5.74, 6) is 0.0547. The van der Waals surface area contributed by atoms with Gasteiger partial charge in [-0.2, -0.15) is 0 Å². The Bertz CT molecular complexity index is 550. The molecule has 1 aliphatic carbocycles. The summed E-state index contributed by atoms with van der Waals surface area (Å²) in [5.41, 5.74) is 7.66. The maximum absolute atomic E-state index is 12.8. The van der Waals surface area contributed by atoms with Crippen molar-refractivity contribution in [2.24, 2.45) is 5.73 Å². The van der Waals surface area contributed by atoms with Gasteiger partial charge in [-0.3, -0.25) is 4.98 Å². The van der Waals surface area contributed by atoms with Crippen LogP contribution in [0.15, 0.2) is 18.3 Å². The van der Waals surface area contributed by atoms with Crippen LogP contribution in [0.1, 0.15) is 29.3 Å². The zero-order chi connectivity index (χ0) is 12.5. The number of fused-ring (bicyclic) bond motifs is 1. The molecule has 5 heteroatoms. The molecule has 2 aromatic heterocycles. The van der Waals surface area contributed by atoms with Crippen molar-refractivity contribution < 1.29 is 4.39 Å². The Morgan fingerprint density at radius 3 is 3.06 bits per heavy atom. The first kappa shape index (κ1) is 11.7. The van der Waals surface area contributed by atoms with Gasteiger partial charge in [-0.05, 0) is 31.4 Å². The Hall–Kier alpha value is -1.33. The second-order valence-electron chi connectivity index (χ2n) is 4.51. The Morgan fingerprint density at radius 2 is 2.33 bits per heavy atom. The predicted octanol–water partition coefficient (Wildman–Crippen LogP) is 2.72. The first-order chi connectivity index (χ1) is 8.78. The van der Waals surface area contributed by atoms with Crippen molar-refractivity contribution in [2.75, 3.05) is 6.54 Å². The highest BCUT2D eigenvalue weighted by Gasteiger charge is 2.24. The number of nitrogens with zero attached hydrogens (tertiary/aromatic N) is 2. The maximum atomic E-state index is 12.8. The van der Waals surface area contributed by atoms with Gasteiger partial charge in [0.1, 0.15) is 10.8 Å². The summed E-state index contributed by atoms with van der Waals surface area (Å²) in [6, 6.07) is 3.10. The van der Waals surface area contributed by atoms with Gasteiger partial charge in [0.2, 0.25) is 0 Å². The van der Waals surface area contributed by atoms with E-state index >= 15 is 0 Å². The summed E-state index contributed by atoms with van der Waals surface area (Å²) in [6.07, 6.45) is 4.59. The molecule has 0 fully saturated rings. The van der Waals surface area contributed by atoms with Crippen LogP contribution in [0.5, 0.6) is 0 Å². The number of nitrogens with two attached hydrogens (primary N) is 1. The molecular weight excluding hydrogens is 249 g/mol. The van der Waals surface area contributed by atoms with E-state index < -0.39 is 0 Å². The Balaban J connectivity index is 1.99. The molecule has 0 spiro atoms. The van der Waals surface area contributed by atoms with Crippen LogP contribution < -0.4 is 5.73 Å². The molecule has 0 bridgehead atoms. The molecule has 3 nitrogen and oxygen atoms in total. The number of hydrogen-bond acceptors (Lipinski definition) is 4. The highest BCUT2D eigenvalue weighted by atomic mass is 32.1. The summed E-state index contributed by atoms with van der Waals surface area (Å²) in [6.45, 7) is 0.646. The van der Waals surface area contributed by atoms with Gasteiger partial charge in [-0.15, -0.1) is 11.3 Å². The van der Waals surface area contributed by atoms with Crippen molar-refractivity contribution in [3.8, 4) is 10.7 Å². The lowest BCUT2D eigenvalue weighted by atomic mass is 9.91. The fourth-order valence-electron chi connectivity index (χ4n) is 2.35. The lowest BCUT2D eigenvalue weighted by molar-refractivity contribution is 0.554. The minimum Gasteiger partial charge on any atom is -0.330 e. The number of aryl methyl sites for hydroxylation is 1. The monoisotopic (exact) mass is 263 g/mol. The second-order valence-corrected chi connectivity index (χ2v) is 5.60. The highest BCUT2D eigenvalue weighted by molar-refractivity contribution is 7.15. The molecule has 2 N–H and O–H groups in total. The van der Waals surface area contributed by atoms with E-state index in [0.717, 1.165) is 29.2 Å². The third-order valence-corrected chi connectivity index (χ3v) is 4.46. The molecule has 0 saturated heterocycles. The van der Waals surface area contributed by atoms with Crippen LogP contribution in [-0.4, -0.2) is 16.5 Å². The van der Waals surface area contributed by atoms with Gasteiger partial charge in [-0.1, -0.05) is 0 Å². The van der Waals surface area contributed by atoms with Gasteiger partial charge >= 0.3 is 0 Å². The fraction of sp³-hybridized carbons (Fsp3) is 0.385. The Labute approximate surface area is 109 Å². The van der Waals surface area contributed by atoms with E-state index in [2.05, 4.69) is 9.97 Å². The van der Waals surface area contributed by atoms with E-state index in [1.54, 1.807) is 17.4 Å². The molecule has 0 aliphatic heterocycles. The van der Waals surface area contributed by atoms with Gasteiger partial charge in [0.15, 0.2) is 0 Å². The summed E-state index contributed by atoms with van der Waals surface area (Å²) in [4.78, 5) is 10.1. The van der Waals surface area contributed by atoms with Gasteiger partial charge < -0.3 is 5.73 Å². The standard InChI is InChI=1S/C13H14FN3S/c14-9-4-5-10(16-7-9)13-17-12-8(6-15)2-1-3-11(12)18-13/h4-5,7-8H,1-3,6,15H2. The number of hydrogen-bond donors (Lipinski definition) is 1.